The number of ether oxygens (including phenoxy) is 2. The van der Waals surface area contributed by atoms with E-state index in [1.807, 2.05) is 6.07 Å². The summed E-state index contributed by atoms with van der Waals surface area (Å²) in [6.45, 7) is 3.26. The molecule has 0 N–H and O–H groups in total. The van der Waals surface area contributed by atoms with Crippen LogP contribution >= 0.6 is 0 Å². The highest BCUT2D eigenvalue weighted by Crippen LogP contribution is 2.33. The summed E-state index contributed by atoms with van der Waals surface area (Å²) in [5, 5.41) is 3.95. The average molecular weight is 335 g/mol. The Morgan fingerprint density at radius 3 is 2.92 bits per heavy atom. The van der Waals surface area contributed by atoms with Crippen LogP contribution in [0, 0.1) is 11.7 Å². The lowest BCUT2D eigenvalue weighted by atomic mass is 9.97. The van der Waals surface area contributed by atoms with Crippen LogP contribution in [0.15, 0.2) is 28.8 Å². The van der Waals surface area contributed by atoms with Gasteiger partial charge in [0.1, 0.15) is 12.4 Å². The Bertz CT molecular complexity index is 664. The largest absolute Gasteiger partial charge is 0.384 e. The van der Waals surface area contributed by atoms with Crippen molar-refractivity contribution in [2.45, 2.75) is 19.1 Å². The summed E-state index contributed by atoms with van der Waals surface area (Å²) in [4.78, 5) is 6.69. The van der Waals surface area contributed by atoms with Crippen LogP contribution in [0.4, 0.5) is 4.39 Å². The second-order valence-electron chi connectivity index (χ2n) is 6.13. The molecule has 2 aromatic rings. The van der Waals surface area contributed by atoms with Crippen molar-refractivity contribution >= 4 is 0 Å². The molecule has 1 aromatic carbocycles. The van der Waals surface area contributed by atoms with Crippen LogP contribution < -0.4 is 0 Å². The van der Waals surface area contributed by atoms with Crippen LogP contribution in [0.3, 0.4) is 0 Å². The maximum atomic E-state index is 13.4. The Labute approximate surface area is 140 Å². The fourth-order valence-electron chi connectivity index (χ4n) is 3.25. The number of halogens is 1. The van der Waals surface area contributed by atoms with E-state index in [-0.39, 0.29) is 17.7 Å². The molecule has 1 saturated heterocycles. The molecule has 130 valence electrons. The van der Waals surface area contributed by atoms with Gasteiger partial charge in [-0.15, -0.1) is 0 Å². The van der Waals surface area contributed by atoms with Crippen LogP contribution in [0.2, 0.25) is 0 Å². The van der Waals surface area contributed by atoms with Crippen LogP contribution in [-0.2, 0) is 22.6 Å². The van der Waals surface area contributed by atoms with Crippen molar-refractivity contribution in [3.05, 3.63) is 47.4 Å². The van der Waals surface area contributed by atoms with Gasteiger partial charge in [0.15, 0.2) is 5.82 Å². The highest BCUT2D eigenvalue weighted by molar-refractivity contribution is 5.17. The molecule has 7 heteroatoms. The molecule has 24 heavy (non-hydrogen) atoms. The van der Waals surface area contributed by atoms with Gasteiger partial charge < -0.3 is 14.0 Å². The summed E-state index contributed by atoms with van der Waals surface area (Å²) in [6, 6.07) is 6.70. The number of benzene rings is 1. The second-order valence-corrected chi connectivity index (χ2v) is 6.13. The third-order valence-corrected chi connectivity index (χ3v) is 4.27. The minimum atomic E-state index is -0.210. The second kappa shape index (κ2) is 7.83. The molecule has 1 fully saturated rings. The van der Waals surface area contributed by atoms with E-state index in [0.29, 0.717) is 31.5 Å². The Morgan fingerprint density at radius 2 is 2.17 bits per heavy atom. The topological polar surface area (TPSA) is 60.6 Å². The third-order valence-electron chi connectivity index (χ3n) is 4.27. The van der Waals surface area contributed by atoms with Gasteiger partial charge in [-0.25, -0.2) is 4.39 Å². The highest BCUT2D eigenvalue weighted by Gasteiger charge is 2.37. The number of hydrogen-bond donors (Lipinski definition) is 0. The zero-order chi connectivity index (χ0) is 16.9. The molecule has 0 aliphatic carbocycles. The zero-order valence-electron chi connectivity index (χ0n) is 13.9. The Balaban J connectivity index is 1.71. The Morgan fingerprint density at radius 1 is 1.29 bits per heavy atom. The number of aromatic nitrogens is 2. The number of hydrogen-bond acceptors (Lipinski definition) is 6. The van der Waals surface area contributed by atoms with E-state index < -0.39 is 0 Å². The molecule has 2 heterocycles. The first-order valence-corrected chi connectivity index (χ1v) is 7.96. The van der Waals surface area contributed by atoms with E-state index in [0.717, 1.165) is 18.7 Å². The van der Waals surface area contributed by atoms with Gasteiger partial charge in [-0.1, -0.05) is 17.3 Å². The normalized spacial score (nSPS) is 21.5. The van der Waals surface area contributed by atoms with Crippen molar-refractivity contribution in [3.8, 4) is 0 Å². The molecular weight excluding hydrogens is 313 g/mol. The molecular formula is C17H22FN3O3. The van der Waals surface area contributed by atoms with Gasteiger partial charge in [0.05, 0.1) is 12.5 Å². The van der Waals surface area contributed by atoms with E-state index in [9.17, 15) is 4.39 Å². The molecule has 1 aliphatic rings. The third kappa shape index (κ3) is 3.98. The maximum absolute atomic E-state index is 13.4. The van der Waals surface area contributed by atoms with Gasteiger partial charge in [-0.3, -0.25) is 4.90 Å². The minimum Gasteiger partial charge on any atom is -0.384 e. The van der Waals surface area contributed by atoms with Crippen molar-refractivity contribution in [2.24, 2.45) is 5.92 Å². The zero-order valence-corrected chi connectivity index (χ0v) is 13.9. The lowest BCUT2D eigenvalue weighted by Crippen LogP contribution is -2.21. The predicted octanol–water partition coefficient (Wildman–Crippen LogP) is 2.22. The molecule has 0 amide bonds. The number of methoxy groups -OCH3 is 2. The highest BCUT2D eigenvalue weighted by atomic mass is 19.1. The standard InChI is InChI=1S/C17H22FN3O3/c1-22-10-13-8-21(7-12-4-3-5-14(18)6-12)9-15(13)17-19-16(11-23-2)20-24-17/h3-6,13,15H,7-11H2,1-2H3/t13-,15+/m0/s1. The molecule has 0 radical (unpaired) electrons. The van der Waals surface area contributed by atoms with Gasteiger partial charge in [-0.2, -0.15) is 4.98 Å². The summed E-state index contributed by atoms with van der Waals surface area (Å²) >= 11 is 0. The lowest BCUT2D eigenvalue weighted by molar-refractivity contribution is 0.142. The van der Waals surface area contributed by atoms with Crippen LogP contribution in [0.1, 0.15) is 23.2 Å². The van der Waals surface area contributed by atoms with Gasteiger partial charge in [0.25, 0.3) is 0 Å². The van der Waals surface area contributed by atoms with E-state index in [2.05, 4.69) is 15.0 Å². The monoisotopic (exact) mass is 335 g/mol. The van der Waals surface area contributed by atoms with Crippen molar-refractivity contribution in [1.82, 2.24) is 15.0 Å². The van der Waals surface area contributed by atoms with Crippen molar-refractivity contribution in [3.63, 3.8) is 0 Å². The molecule has 0 bridgehead atoms. The Kier molecular flexibility index (Phi) is 5.55. The SMILES string of the molecule is COCc1noc([C@@H]2CN(Cc3cccc(F)c3)C[C@H]2COC)n1. The smallest absolute Gasteiger partial charge is 0.231 e. The van der Waals surface area contributed by atoms with Crippen molar-refractivity contribution < 1.29 is 18.4 Å². The van der Waals surface area contributed by atoms with Gasteiger partial charge in [-0.05, 0) is 17.7 Å². The molecule has 0 unspecified atom stereocenters. The molecule has 0 saturated carbocycles. The average Bonchev–Trinajstić information content (AvgIpc) is 3.15. The molecule has 6 nitrogen and oxygen atoms in total. The van der Waals surface area contributed by atoms with Gasteiger partial charge >= 0.3 is 0 Å². The van der Waals surface area contributed by atoms with E-state index in [4.69, 9.17) is 14.0 Å². The van der Waals surface area contributed by atoms with E-state index >= 15 is 0 Å². The molecule has 1 aliphatic heterocycles. The van der Waals surface area contributed by atoms with Gasteiger partial charge in [0.2, 0.25) is 5.89 Å². The summed E-state index contributed by atoms with van der Waals surface area (Å²) in [5.74, 6) is 1.33. The van der Waals surface area contributed by atoms with Crippen LogP contribution in [0.5, 0.6) is 0 Å². The lowest BCUT2D eigenvalue weighted by Gasteiger charge is -2.15. The summed E-state index contributed by atoms with van der Waals surface area (Å²) < 4.78 is 29.2. The molecule has 2 atom stereocenters. The Hall–Kier alpha value is -1.83. The van der Waals surface area contributed by atoms with E-state index in [1.54, 1.807) is 26.4 Å². The fraction of sp³-hybridized carbons (Fsp3) is 0.529. The summed E-state index contributed by atoms with van der Waals surface area (Å²) in [7, 11) is 3.29. The maximum Gasteiger partial charge on any atom is 0.231 e. The number of nitrogens with zero attached hydrogens (tertiary/aromatic N) is 3. The first-order chi connectivity index (χ1) is 11.7. The fourth-order valence-corrected chi connectivity index (χ4v) is 3.25. The molecule has 1 aromatic heterocycles. The van der Waals surface area contributed by atoms with Crippen LogP contribution in [-0.4, -0.2) is 49.0 Å². The number of rotatable bonds is 7. The first-order valence-electron chi connectivity index (χ1n) is 7.96. The van der Waals surface area contributed by atoms with Crippen molar-refractivity contribution in [1.29, 1.82) is 0 Å². The van der Waals surface area contributed by atoms with E-state index in [1.165, 1.54) is 6.07 Å². The van der Waals surface area contributed by atoms with Crippen LogP contribution in [0.25, 0.3) is 0 Å². The molecule has 0 spiro atoms. The summed E-state index contributed by atoms with van der Waals surface area (Å²) in [6.07, 6.45) is 0. The molecule has 3 rings (SSSR count). The van der Waals surface area contributed by atoms with Crippen molar-refractivity contribution in [2.75, 3.05) is 33.9 Å². The van der Waals surface area contributed by atoms with Gasteiger partial charge in [0, 0.05) is 39.8 Å². The number of likely N-dealkylation sites (tertiary alicyclic amines) is 1. The quantitative estimate of drug-likeness (QED) is 0.773. The summed E-state index contributed by atoms with van der Waals surface area (Å²) in [5.41, 5.74) is 0.956. The first kappa shape index (κ1) is 17.0. The predicted molar refractivity (Wildman–Crippen MR) is 84.8 cm³/mol. The minimum absolute atomic E-state index is 0.108.